The molecule has 0 atom stereocenters. The average Bonchev–Trinajstić information content (AvgIpc) is 3.40. The van der Waals surface area contributed by atoms with Gasteiger partial charge in [-0.1, -0.05) is 59.9 Å². The van der Waals surface area contributed by atoms with Crippen LogP contribution in [0.3, 0.4) is 0 Å². The molecule has 1 aromatic heterocycles. The molecule has 8 heteroatoms. The minimum atomic E-state index is -0.325. The predicted octanol–water partition coefficient (Wildman–Crippen LogP) is 7.46. The second-order valence-corrected chi connectivity index (χ2v) is 9.49. The predicted molar refractivity (Wildman–Crippen MR) is 151 cm³/mol. The van der Waals surface area contributed by atoms with E-state index in [-0.39, 0.29) is 18.3 Å². The maximum Gasteiger partial charge on any atom is 0.256 e. The van der Waals surface area contributed by atoms with Crippen molar-refractivity contribution in [2.75, 3.05) is 19.5 Å². The standard InChI is InChI=1S/C31H25FN2O4S/c1-36-24-15-12-21(13-16-24)29(35)34-31-28(20-8-4-3-5-9-20)33-30(39-31)22-14-17-26(27(18-22)37-2)38-19-23-10-6-7-11-25(23)32/h3-18H,19H2,1-2H3,(H,34,35). The molecule has 4 aromatic carbocycles. The molecule has 1 N–H and O–H groups in total. The Labute approximate surface area is 229 Å². The van der Waals surface area contributed by atoms with Gasteiger partial charge < -0.3 is 19.5 Å². The van der Waals surface area contributed by atoms with Gasteiger partial charge in [0, 0.05) is 22.3 Å². The van der Waals surface area contributed by atoms with Gasteiger partial charge in [0.2, 0.25) is 0 Å². The summed E-state index contributed by atoms with van der Waals surface area (Å²) in [7, 11) is 3.13. The number of benzene rings is 4. The maximum absolute atomic E-state index is 14.0. The minimum absolute atomic E-state index is 0.0688. The number of nitrogens with one attached hydrogen (secondary N) is 1. The molecule has 0 saturated heterocycles. The first-order valence-electron chi connectivity index (χ1n) is 12.1. The second-order valence-electron chi connectivity index (χ2n) is 8.49. The molecular weight excluding hydrogens is 515 g/mol. The van der Waals surface area contributed by atoms with Crippen LogP contribution in [-0.2, 0) is 6.61 Å². The molecule has 1 heterocycles. The molecule has 5 rings (SSSR count). The fourth-order valence-corrected chi connectivity index (χ4v) is 4.91. The minimum Gasteiger partial charge on any atom is -0.497 e. The van der Waals surface area contributed by atoms with Gasteiger partial charge in [0.05, 0.1) is 14.2 Å². The Morgan fingerprint density at radius 1 is 0.846 bits per heavy atom. The number of rotatable bonds is 9. The lowest BCUT2D eigenvalue weighted by molar-refractivity contribution is 0.102. The lowest BCUT2D eigenvalue weighted by Gasteiger charge is -2.12. The number of methoxy groups -OCH3 is 2. The van der Waals surface area contributed by atoms with Crippen LogP contribution in [0.2, 0.25) is 0 Å². The van der Waals surface area contributed by atoms with Gasteiger partial charge in [0.1, 0.15) is 33.9 Å². The molecule has 0 aliphatic carbocycles. The zero-order valence-corrected chi connectivity index (χ0v) is 22.1. The van der Waals surface area contributed by atoms with E-state index < -0.39 is 0 Å². The molecule has 39 heavy (non-hydrogen) atoms. The Morgan fingerprint density at radius 3 is 2.31 bits per heavy atom. The van der Waals surface area contributed by atoms with Crippen molar-refractivity contribution in [1.29, 1.82) is 0 Å². The third-order valence-corrected chi connectivity index (χ3v) is 7.03. The molecule has 6 nitrogen and oxygen atoms in total. The zero-order valence-electron chi connectivity index (χ0n) is 21.3. The number of amides is 1. The molecule has 0 spiro atoms. The molecule has 0 aliphatic rings. The highest BCUT2D eigenvalue weighted by Crippen LogP contribution is 2.41. The van der Waals surface area contributed by atoms with Crippen molar-refractivity contribution in [2.45, 2.75) is 6.61 Å². The van der Waals surface area contributed by atoms with Crippen molar-refractivity contribution >= 4 is 22.2 Å². The summed E-state index contributed by atoms with van der Waals surface area (Å²) in [6.07, 6.45) is 0. The van der Waals surface area contributed by atoms with Crippen molar-refractivity contribution in [3.63, 3.8) is 0 Å². The number of ether oxygens (including phenoxy) is 3. The van der Waals surface area contributed by atoms with Crippen molar-refractivity contribution in [3.8, 4) is 39.1 Å². The Bertz CT molecular complexity index is 1590. The number of hydrogen-bond donors (Lipinski definition) is 1. The van der Waals surface area contributed by atoms with Crippen LogP contribution >= 0.6 is 11.3 Å². The van der Waals surface area contributed by atoms with Crippen LogP contribution in [0.15, 0.2) is 97.1 Å². The first-order chi connectivity index (χ1) is 19.1. The molecule has 0 fully saturated rings. The lowest BCUT2D eigenvalue weighted by atomic mass is 10.1. The average molecular weight is 541 g/mol. The third-order valence-electron chi connectivity index (χ3n) is 6.01. The summed E-state index contributed by atoms with van der Waals surface area (Å²) in [5.41, 5.74) is 3.28. The summed E-state index contributed by atoms with van der Waals surface area (Å²) in [6, 6.07) is 28.5. The van der Waals surface area contributed by atoms with E-state index in [4.69, 9.17) is 19.2 Å². The first kappa shape index (κ1) is 25.9. The summed E-state index contributed by atoms with van der Waals surface area (Å²) in [6.45, 7) is 0.0688. The quantitative estimate of drug-likeness (QED) is 0.210. The summed E-state index contributed by atoms with van der Waals surface area (Å²) < 4.78 is 30.6. The van der Waals surface area contributed by atoms with E-state index in [0.717, 1.165) is 11.1 Å². The topological polar surface area (TPSA) is 69.7 Å². The van der Waals surface area contributed by atoms with Gasteiger partial charge in [-0.05, 0) is 48.5 Å². The molecule has 0 aliphatic heterocycles. The van der Waals surface area contributed by atoms with Gasteiger partial charge in [0.25, 0.3) is 5.91 Å². The highest BCUT2D eigenvalue weighted by Gasteiger charge is 2.19. The number of hydrogen-bond acceptors (Lipinski definition) is 6. The highest BCUT2D eigenvalue weighted by molar-refractivity contribution is 7.19. The van der Waals surface area contributed by atoms with Crippen molar-refractivity contribution in [3.05, 3.63) is 114 Å². The van der Waals surface area contributed by atoms with Crippen LogP contribution in [-0.4, -0.2) is 25.1 Å². The van der Waals surface area contributed by atoms with E-state index in [1.165, 1.54) is 17.4 Å². The molecule has 0 radical (unpaired) electrons. The maximum atomic E-state index is 14.0. The van der Waals surface area contributed by atoms with Crippen LogP contribution < -0.4 is 19.5 Å². The number of halogens is 1. The molecule has 0 unspecified atom stereocenters. The lowest BCUT2D eigenvalue weighted by Crippen LogP contribution is -2.11. The number of nitrogens with zero attached hydrogens (tertiary/aromatic N) is 1. The molecular formula is C31H25FN2O4S. The van der Waals surface area contributed by atoms with E-state index >= 15 is 0 Å². The largest absolute Gasteiger partial charge is 0.497 e. The van der Waals surface area contributed by atoms with Crippen LogP contribution in [0.5, 0.6) is 17.2 Å². The van der Waals surface area contributed by atoms with Crippen LogP contribution in [0.4, 0.5) is 9.39 Å². The number of anilines is 1. The highest BCUT2D eigenvalue weighted by atomic mass is 32.1. The molecule has 196 valence electrons. The first-order valence-corrected chi connectivity index (χ1v) is 12.9. The number of carbonyl (C=O) groups excluding carboxylic acids is 1. The van der Waals surface area contributed by atoms with Crippen LogP contribution in [0.25, 0.3) is 21.8 Å². The van der Waals surface area contributed by atoms with Crippen molar-refractivity contribution in [2.24, 2.45) is 0 Å². The Balaban J connectivity index is 1.44. The number of thiazole rings is 1. The normalized spacial score (nSPS) is 10.6. The smallest absolute Gasteiger partial charge is 0.256 e. The monoisotopic (exact) mass is 540 g/mol. The summed E-state index contributed by atoms with van der Waals surface area (Å²) in [5.74, 6) is 1.07. The van der Waals surface area contributed by atoms with Crippen molar-refractivity contribution in [1.82, 2.24) is 4.98 Å². The number of carbonyl (C=O) groups is 1. The Hall–Kier alpha value is -4.69. The Morgan fingerprint density at radius 2 is 1.59 bits per heavy atom. The molecule has 0 saturated carbocycles. The van der Waals surface area contributed by atoms with Gasteiger partial charge in [-0.3, -0.25) is 4.79 Å². The van der Waals surface area contributed by atoms with Gasteiger partial charge in [-0.25, -0.2) is 9.37 Å². The molecule has 1 amide bonds. The van der Waals surface area contributed by atoms with Crippen LogP contribution in [0.1, 0.15) is 15.9 Å². The van der Waals surface area contributed by atoms with Crippen LogP contribution in [0, 0.1) is 5.82 Å². The fourth-order valence-electron chi connectivity index (χ4n) is 3.93. The third kappa shape index (κ3) is 5.91. The second kappa shape index (κ2) is 11.8. The van der Waals surface area contributed by atoms with E-state index in [9.17, 15) is 9.18 Å². The van der Waals surface area contributed by atoms with E-state index in [2.05, 4.69) is 5.32 Å². The van der Waals surface area contributed by atoms with Gasteiger partial charge in [-0.15, -0.1) is 0 Å². The zero-order chi connectivity index (χ0) is 27.2. The Kier molecular flexibility index (Phi) is 7.84. The van der Waals surface area contributed by atoms with Gasteiger partial charge in [-0.2, -0.15) is 0 Å². The SMILES string of the molecule is COc1ccc(C(=O)Nc2sc(-c3ccc(OCc4ccccc4F)c(OC)c3)nc2-c2ccccc2)cc1. The fraction of sp³-hybridized carbons (Fsp3) is 0.0968. The van der Waals surface area contributed by atoms with Gasteiger partial charge >= 0.3 is 0 Å². The van der Waals surface area contributed by atoms with E-state index in [0.29, 0.717) is 44.1 Å². The summed E-state index contributed by atoms with van der Waals surface area (Å²) in [4.78, 5) is 17.9. The van der Waals surface area contributed by atoms with E-state index in [1.807, 2.05) is 42.5 Å². The van der Waals surface area contributed by atoms with E-state index in [1.54, 1.807) is 62.8 Å². The van der Waals surface area contributed by atoms with Crippen molar-refractivity contribution < 1.29 is 23.4 Å². The summed E-state index contributed by atoms with van der Waals surface area (Å²) >= 11 is 1.36. The molecule has 0 bridgehead atoms. The molecule has 5 aromatic rings. The summed E-state index contributed by atoms with van der Waals surface area (Å²) in [5, 5.41) is 4.34. The number of aromatic nitrogens is 1. The van der Waals surface area contributed by atoms with Gasteiger partial charge in [0.15, 0.2) is 11.5 Å².